The molecule has 0 saturated carbocycles. The molecule has 1 aliphatic rings. The first-order valence-electron chi connectivity index (χ1n) is 5.71. The zero-order valence-corrected chi connectivity index (χ0v) is 10.2. The minimum Gasteiger partial charge on any atom is -0.400 e. The van der Waals surface area contributed by atoms with E-state index in [4.69, 9.17) is 44.9 Å². The Morgan fingerprint density at radius 2 is 0.889 bits per heavy atom. The highest BCUT2D eigenvalue weighted by molar-refractivity contribution is 6.66. The predicted molar refractivity (Wildman–Crippen MR) is 65.5 cm³/mol. The number of hydrogen-bond donors (Lipinski definition) is 3. The van der Waals surface area contributed by atoms with Crippen LogP contribution in [0.2, 0.25) is 0 Å². The molecule has 1 fully saturated rings. The molecule has 0 spiro atoms. The van der Waals surface area contributed by atoms with Gasteiger partial charge in [0, 0.05) is 39.5 Å². The Hall–Kier alpha value is -0.165. The lowest BCUT2D eigenvalue weighted by Gasteiger charge is -2.27. The fraction of sp³-hybridized carbons (Fsp3) is 1.00. The van der Waals surface area contributed by atoms with Crippen LogP contribution in [0.1, 0.15) is 0 Å². The molecular formula is C6H18B3N3O6. The zero-order valence-electron chi connectivity index (χ0n) is 10.2. The van der Waals surface area contributed by atoms with Gasteiger partial charge in [0.25, 0.3) is 0 Å². The van der Waals surface area contributed by atoms with E-state index in [1.807, 2.05) is 0 Å². The van der Waals surface area contributed by atoms with Gasteiger partial charge in [-0.05, 0) is 0 Å². The van der Waals surface area contributed by atoms with Crippen LogP contribution in [0.5, 0.6) is 0 Å². The molecule has 0 amide bonds. The van der Waals surface area contributed by atoms with Gasteiger partial charge in [-0.2, -0.15) is 0 Å². The summed E-state index contributed by atoms with van der Waals surface area (Å²) in [6.07, 6.45) is 0. The lowest BCUT2D eigenvalue weighted by atomic mass is 9.96. The van der Waals surface area contributed by atoms with Gasteiger partial charge in [-0.15, -0.1) is 0 Å². The van der Waals surface area contributed by atoms with E-state index >= 15 is 0 Å². The van der Waals surface area contributed by atoms with Gasteiger partial charge in [0.15, 0.2) is 0 Å². The molecule has 1 aliphatic heterocycles. The lowest BCUT2D eigenvalue weighted by Crippen LogP contribution is -2.53. The molecule has 0 aliphatic carbocycles. The van der Waals surface area contributed by atoms with Gasteiger partial charge >= 0.3 is 22.0 Å². The second-order valence-electron chi connectivity index (χ2n) is 3.25. The zero-order chi connectivity index (χ0) is 13.2. The average Bonchev–Trinajstić information content (AvgIpc) is 2.40. The van der Waals surface area contributed by atoms with Gasteiger partial charge in [-0.3, -0.25) is 0 Å². The molecule has 0 aromatic heterocycles. The van der Waals surface area contributed by atoms with Crippen molar-refractivity contribution in [2.24, 2.45) is 17.2 Å². The highest BCUT2D eigenvalue weighted by atomic mass is 16.9. The number of nitrogens with two attached hydrogens (primary N) is 3. The van der Waals surface area contributed by atoms with Crippen molar-refractivity contribution in [2.75, 3.05) is 39.5 Å². The van der Waals surface area contributed by atoms with Gasteiger partial charge in [-0.1, -0.05) is 0 Å². The van der Waals surface area contributed by atoms with Gasteiger partial charge in [0.05, 0.1) is 0 Å². The van der Waals surface area contributed by atoms with E-state index in [9.17, 15) is 0 Å². The van der Waals surface area contributed by atoms with E-state index in [2.05, 4.69) is 0 Å². The Balaban J connectivity index is 2.38. The fourth-order valence-corrected chi connectivity index (χ4v) is 1.10. The quantitative estimate of drug-likeness (QED) is 0.369. The molecule has 1 heterocycles. The highest BCUT2D eigenvalue weighted by Crippen LogP contribution is 2.10. The fourth-order valence-electron chi connectivity index (χ4n) is 1.10. The summed E-state index contributed by atoms with van der Waals surface area (Å²) in [5, 5.41) is 0. The summed E-state index contributed by atoms with van der Waals surface area (Å²) in [5.41, 5.74) is 15.9. The van der Waals surface area contributed by atoms with E-state index < -0.39 is 22.0 Å². The average molecular weight is 261 g/mol. The van der Waals surface area contributed by atoms with Crippen molar-refractivity contribution in [1.82, 2.24) is 0 Å². The molecule has 18 heavy (non-hydrogen) atoms. The Morgan fingerprint density at radius 1 is 0.611 bits per heavy atom. The third-order valence-corrected chi connectivity index (χ3v) is 1.78. The second-order valence-corrected chi connectivity index (χ2v) is 3.25. The van der Waals surface area contributed by atoms with Gasteiger partial charge < -0.3 is 44.9 Å². The van der Waals surface area contributed by atoms with E-state index in [0.29, 0.717) is 19.6 Å². The van der Waals surface area contributed by atoms with Crippen molar-refractivity contribution < 1.29 is 27.7 Å². The third kappa shape index (κ3) is 6.13. The molecule has 6 N–H and O–H groups in total. The Bertz CT molecular complexity index is 180. The number of rotatable bonds is 9. The predicted octanol–water partition coefficient (Wildman–Crippen LogP) is -3.07. The molecular weight excluding hydrogens is 243 g/mol. The first-order valence-corrected chi connectivity index (χ1v) is 5.71. The molecule has 0 bridgehead atoms. The minimum atomic E-state index is -0.965. The van der Waals surface area contributed by atoms with Crippen molar-refractivity contribution in [2.45, 2.75) is 0 Å². The molecule has 0 radical (unpaired) electrons. The Kier molecular flexibility index (Phi) is 8.58. The van der Waals surface area contributed by atoms with E-state index in [1.54, 1.807) is 0 Å². The van der Waals surface area contributed by atoms with E-state index in [-0.39, 0.29) is 19.8 Å². The molecule has 102 valence electrons. The van der Waals surface area contributed by atoms with Gasteiger partial charge in [0.2, 0.25) is 0 Å². The summed E-state index contributed by atoms with van der Waals surface area (Å²) < 4.78 is 31.1. The summed E-state index contributed by atoms with van der Waals surface area (Å²) in [5.74, 6) is 0. The normalized spacial score (nSPS) is 16.5. The monoisotopic (exact) mass is 261 g/mol. The number of hydrogen-bond acceptors (Lipinski definition) is 9. The molecule has 0 atom stereocenters. The summed E-state index contributed by atoms with van der Waals surface area (Å²) in [7, 11) is -2.89. The summed E-state index contributed by atoms with van der Waals surface area (Å²) in [6, 6.07) is 0. The first-order chi connectivity index (χ1) is 8.80. The van der Waals surface area contributed by atoms with Crippen LogP contribution in [-0.2, 0) is 27.7 Å². The van der Waals surface area contributed by atoms with E-state index in [1.165, 1.54) is 0 Å². The van der Waals surface area contributed by atoms with Gasteiger partial charge in [0.1, 0.15) is 0 Å². The van der Waals surface area contributed by atoms with Crippen molar-refractivity contribution >= 4 is 22.0 Å². The Morgan fingerprint density at radius 3 is 1.11 bits per heavy atom. The standard InChI is InChI=1S/C6H18B3N3O6/c10-1-4-13-7-16-8(14-5-2-11)18-9(17-7)15-6-3-12/h1-6,10-12H2. The molecule has 0 aromatic carbocycles. The van der Waals surface area contributed by atoms with Crippen LogP contribution in [0.4, 0.5) is 0 Å². The summed E-state index contributed by atoms with van der Waals surface area (Å²) in [6.45, 7) is 1.85. The van der Waals surface area contributed by atoms with Crippen LogP contribution in [0.3, 0.4) is 0 Å². The SMILES string of the molecule is NCCOB1OB(OCCN)OB(OCCN)O1. The minimum absolute atomic E-state index is 0.276. The van der Waals surface area contributed by atoms with Gasteiger partial charge in [-0.25, -0.2) is 0 Å². The van der Waals surface area contributed by atoms with Crippen molar-refractivity contribution in [3.8, 4) is 0 Å². The van der Waals surface area contributed by atoms with Crippen molar-refractivity contribution in [3.63, 3.8) is 0 Å². The van der Waals surface area contributed by atoms with Crippen LogP contribution in [-0.4, -0.2) is 61.4 Å². The maximum absolute atomic E-state index is 5.31. The summed E-state index contributed by atoms with van der Waals surface area (Å²) in [4.78, 5) is 0. The van der Waals surface area contributed by atoms with Crippen LogP contribution >= 0.6 is 0 Å². The molecule has 0 aromatic rings. The summed E-state index contributed by atoms with van der Waals surface area (Å²) >= 11 is 0. The largest absolute Gasteiger partial charge is 0.615 e. The topological polar surface area (TPSA) is 133 Å². The Labute approximate surface area is 107 Å². The maximum atomic E-state index is 5.31. The third-order valence-electron chi connectivity index (χ3n) is 1.78. The van der Waals surface area contributed by atoms with E-state index in [0.717, 1.165) is 0 Å². The molecule has 1 rings (SSSR count). The molecule has 0 unspecified atom stereocenters. The molecule has 1 saturated heterocycles. The van der Waals surface area contributed by atoms with Crippen LogP contribution in [0, 0.1) is 0 Å². The second kappa shape index (κ2) is 9.72. The highest BCUT2D eigenvalue weighted by Gasteiger charge is 2.46. The van der Waals surface area contributed by atoms with Crippen molar-refractivity contribution in [3.05, 3.63) is 0 Å². The molecule has 9 nitrogen and oxygen atoms in total. The van der Waals surface area contributed by atoms with Crippen LogP contribution in [0.15, 0.2) is 0 Å². The maximum Gasteiger partial charge on any atom is 0.615 e. The lowest BCUT2D eigenvalue weighted by molar-refractivity contribution is 0.0700. The first kappa shape index (κ1) is 15.9. The molecule has 12 heteroatoms. The van der Waals surface area contributed by atoms with Crippen LogP contribution < -0.4 is 17.2 Å². The van der Waals surface area contributed by atoms with Crippen molar-refractivity contribution in [1.29, 1.82) is 0 Å². The smallest absolute Gasteiger partial charge is 0.400 e. The van der Waals surface area contributed by atoms with Crippen LogP contribution in [0.25, 0.3) is 0 Å².